The highest BCUT2D eigenvalue weighted by Gasteiger charge is 2.45. The van der Waals surface area contributed by atoms with Crippen LogP contribution in [0.3, 0.4) is 0 Å². The van der Waals surface area contributed by atoms with E-state index in [0.29, 0.717) is 12.8 Å². The summed E-state index contributed by atoms with van der Waals surface area (Å²) in [4.78, 5) is 9.64. The molecule has 4 atom stereocenters. The van der Waals surface area contributed by atoms with Gasteiger partial charge in [0.1, 0.15) is 10.5 Å². The van der Waals surface area contributed by atoms with E-state index in [9.17, 15) is 0 Å². The highest BCUT2D eigenvalue weighted by Crippen LogP contribution is 2.49. The summed E-state index contributed by atoms with van der Waals surface area (Å²) in [6.45, 7) is 28.9. The Morgan fingerprint density at radius 1 is 0.476 bits per heavy atom. The van der Waals surface area contributed by atoms with Gasteiger partial charge in [-0.05, 0) is 149 Å². The zero-order valence-electron chi connectivity index (χ0n) is 39.9. The summed E-state index contributed by atoms with van der Waals surface area (Å²) in [6, 6.07) is 34.0. The van der Waals surface area contributed by atoms with Gasteiger partial charge in [-0.15, -0.1) is 0 Å². The summed E-state index contributed by atoms with van der Waals surface area (Å²) >= 11 is 0. The van der Waals surface area contributed by atoms with E-state index in [1.165, 1.54) is 22.3 Å². The predicted molar refractivity (Wildman–Crippen MR) is 270 cm³/mol. The highest BCUT2D eigenvalue weighted by atomic mass is 32.2. The van der Waals surface area contributed by atoms with Crippen molar-refractivity contribution in [3.05, 3.63) is 178 Å². The second-order valence-electron chi connectivity index (χ2n) is 17.2. The van der Waals surface area contributed by atoms with Crippen molar-refractivity contribution in [1.82, 2.24) is 9.80 Å². The fourth-order valence-electron chi connectivity index (χ4n) is 10.8. The Hall–Kier alpha value is -4.69. The lowest BCUT2D eigenvalue weighted by Gasteiger charge is -2.44. The minimum atomic E-state index is -4.03. The Morgan fingerprint density at radius 3 is 1.08 bits per heavy atom. The molecule has 63 heavy (non-hydrogen) atoms. The van der Waals surface area contributed by atoms with Crippen LogP contribution in [-0.2, 0) is 20.9 Å². The van der Waals surface area contributed by atoms with E-state index >= 15 is 8.42 Å². The van der Waals surface area contributed by atoms with Crippen molar-refractivity contribution in [2.75, 3.05) is 62.2 Å². The molecule has 0 aliphatic heterocycles. The molecule has 336 valence electrons. The van der Waals surface area contributed by atoms with Crippen molar-refractivity contribution < 1.29 is 8.42 Å². The lowest BCUT2D eigenvalue weighted by molar-refractivity contribution is 0.144. The fraction of sp³-hybridized carbons (Fsp3) is 0.429. The Morgan fingerprint density at radius 2 is 0.810 bits per heavy atom. The van der Waals surface area contributed by atoms with Gasteiger partial charge in [-0.1, -0.05) is 137 Å². The molecule has 4 unspecified atom stereocenters. The van der Waals surface area contributed by atoms with Gasteiger partial charge < -0.3 is 9.80 Å². The monoisotopic (exact) mass is 867 g/mol. The predicted octanol–water partition coefficient (Wildman–Crippen LogP) is 12.4. The van der Waals surface area contributed by atoms with Gasteiger partial charge in [-0.25, -0.2) is 8.42 Å². The first kappa shape index (κ1) is 47.8. The van der Waals surface area contributed by atoms with E-state index in [1.807, 2.05) is 0 Å². The van der Waals surface area contributed by atoms with Crippen LogP contribution in [0.1, 0.15) is 112 Å². The number of anilines is 2. The zero-order chi connectivity index (χ0) is 45.4. The first-order valence-corrected chi connectivity index (χ1v) is 25.4. The van der Waals surface area contributed by atoms with Crippen molar-refractivity contribution in [3.63, 3.8) is 0 Å². The second kappa shape index (κ2) is 20.9. The third-order valence-corrected chi connectivity index (χ3v) is 16.6. The number of hydrogen-bond acceptors (Lipinski definition) is 6. The minimum Gasteiger partial charge on any atom is -0.372 e. The van der Waals surface area contributed by atoms with E-state index in [2.05, 4.69) is 222 Å². The van der Waals surface area contributed by atoms with Gasteiger partial charge in [0.25, 0.3) is 0 Å². The molecule has 2 aliphatic carbocycles. The Bertz CT molecular complexity index is 2200. The molecule has 4 aromatic carbocycles. The third-order valence-electron chi connectivity index (χ3n) is 14.2. The largest absolute Gasteiger partial charge is 0.372 e. The lowest BCUT2D eigenvalue weighted by atomic mass is 9.78. The van der Waals surface area contributed by atoms with E-state index in [-0.39, 0.29) is 0 Å². The SMILES string of the molecule is CCN(CC)c1ccc(C(C2=CCC(c3ccccc3C)(N(CC)CC)C=C2)S(=O)(=O)C(C2=CCC(c3ccccc3C)(N(CC)CC)C=C2)c2ccc(N(CC)CC)cc2)cc1. The standard InChI is InChI=1S/C56H74N4O2S/c1-11-57(12-2)49-31-27-45(28-32-49)53(47-35-39-55(40-36-47,59(15-5)16-6)51-25-21-19-23-43(51)9)63(61,62)54(46-29-33-50(34-30-46)58(13-3)14-4)48-37-41-56(42-38-48,60(17-7)18-8)52-26-22-20-24-44(52)10/h19-39,41,53-54H,11-18,40,42H2,1-10H3. The number of benzene rings is 4. The van der Waals surface area contributed by atoms with Crippen LogP contribution in [0.4, 0.5) is 11.4 Å². The molecule has 6 rings (SSSR count). The van der Waals surface area contributed by atoms with Crippen LogP contribution >= 0.6 is 0 Å². The van der Waals surface area contributed by atoms with Gasteiger partial charge in [-0.2, -0.15) is 0 Å². The number of allylic oxidation sites excluding steroid dienone is 2. The number of nitrogens with zero attached hydrogens (tertiary/aromatic N) is 4. The molecule has 7 heteroatoms. The van der Waals surface area contributed by atoms with E-state index in [1.54, 1.807) is 0 Å². The molecule has 0 fully saturated rings. The van der Waals surface area contributed by atoms with Crippen LogP contribution in [0.5, 0.6) is 0 Å². The van der Waals surface area contributed by atoms with Gasteiger partial charge in [0, 0.05) is 37.6 Å². The zero-order valence-corrected chi connectivity index (χ0v) is 40.8. The smallest absolute Gasteiger partial charge is 0.172 e. The van der Waals surface area contributed by atoms with Crippen molar-refractivity contribution in [3.8, 4) is 0 Å². The first-order chi connectivity index (χ1) is 30.4. The van der Waals surface area contributed by atoms with Gasteiger partial charge in [0.05, 0.1) is 11.1 Å². The summed E-state index contributed by atoms with van der Waals surface area (Å²) in [6.07, 6.45) is 14.7. The summed E-state index contributed by atoms with van der Waals surface area (Å²) in [5, 5.41) is -1.81. The van der Waals surface area contributed by atoms with Gasteiger partial charge in [0.15, 0.2) is 9.84 Å². The van der Waals surface area contributed by atoms with Gasteiger partial charge >= 0.3 is 0 Å². The maximum atomic E-state index is 16.4. The molecular weight excluding hydrogens is 793 g/mol. The van der Waals surface area contributed by atoms with Crippen molar-refractivity contribution in [2.45, 2.75) is 104 Å². The Balaban J connectivity index is 1.55. The molecule has 0 saturated carbocycles. The summed E-state index contributed by atoms with van der Waals surface area (Å²) in [5.41, 5.74) is 9.62. The first-order valence-electron chi connectivity index (χ1n) is 23.8. The average molecular weight is 867 g/mol. The van der Waals surface area contributed by atoms with Crippen LogP contribution in [0.25, 0.3) is 0 Å². The molecule has 0 amide bonds. The van der Waals surface area contributed by atoms with E-state index in [4.69, 9.17) is 0 Å². The van der Waals surface area contributed by atoms with Crippen LogP contribution in [-0.4, -0.2) is 70.6 Å². The topological polar surface area (TPSA) is 47.1 Å². The molecule has 0 aromatic heterocycles. The summed E-state index contributed by atoms with van der Waals surface area (Å²) in [5.74, 6) is 0. The molecule has 0 saturated heterocycles. The average Bonchev–Trinajstić information content (AvgIpc) is 3.30. The molecule has 0 heterocycles. The molecule has 0 bridgehead atoms. The number of likely N-dealkylation sites (N-methyl/N-ethyl adjacent to an activating group) is 2. The van der Waals surface area contributed by atoms with Crippen LogP contribution < -0.4 is 9.80 Å². The van der Waals surface area contributed by atoms with Crippen LogP contribution in [0.2, 0.25) is 0 Å². The maximum Gasteiger partial charge on any atom is 0.172 e. The Labute approximate surface area is 381 Å². The maximum absolute atomic E-state index is 16.4. The summed E-state index contributed by atoms with van der Waals surface area (Å²) in [7, 11) is -4.03. The normalized spacial score (nSPS) is 19.8. The van der Waals surface area contributed by atoms with Crippen molar-refractivity contribution in [1.29, 1.82) is 0 Å². The van der Waals surface area contributed by atoms with Gasteiger partial charge in [-0.3, -0.25) is 9.80 Å². The van der Waals surface area contributed by atoms with Crippen molar-refractivity contribution in [2.24, 2.45) is 0 Å². The molecule has 0 spiro atoms. The van der Waals surface area contributed by atoms with E-state index in [0.717, 1.165) is 86.0 Å². The second-order valence-corrected chi connectivity index (χ2v) is 19.3. The molecule has 2 aliphatic rings. The number of sulfone groups is 1. The Kier molecular flexibility index (Phi) is 15.8. The number of rotatable bonds is 20. The van der Waals surface area contributed by atoms with E-state index < -0.39 is 31.4 Å². The quantitative estimate of drug-likeness (QED) is 0.0882. The summed E-state index contributed by atoms with van der Waals surface area (Å²) < 4.78 is 32.7. The van der Waals surface area contributed by atoms with Crippen LogP contribution in [0.15, 0.2) is 145 Å². The molecular formula is C56H74N4O2S. The lowest BCUT2D eigenvalue weighted by Crippen LogP contribution is -2.46. The third kappa shape index (κ3) is 9.30. The fourth-order valence-corrected chi connectivity index (χ4v) is 13.2. The molecule has 0 radical (unpaired) electrons. The molecule has 0 N–H and O–H groups in total. The number of hydrogen-bond donors (Lipinski definition) is 0. The van der Waals surface area contributed by atoms with Crippen LogP contribution in [0, 0.1) is 13.8 Å². The highest BCUT2D eigenvalue weighted by molar-refractivity contribution is 7.92. The minimum absolute atomic E-state index is 0.392. The van der Waals surface area contributed by atoms with Crippen molar-refractivity contribution >= 4 is 21.2 Å². The van der Waals surface area contributed by atoms with Gasteiger partial charge in [0.2, 0.25) is 0 Å². The molecule has 4 aromatic rings. The molecule has 6 nitrogen and oxygen atoms in total. The number of aryl methyl sites for hydroxylation is 2.